The minimum absolute atomic E-state index is 0.234. The molecule has 2 aromatic carbocycles. The molecule has 0 saturated heterocycles. The van der Waals surface area contributed by atoms with E-state index in [2.05, 4.69) is 37.1 Å². The summed E-state index contributed by atoms with van der Waals surface area (Å²) in [5.41, 5.74) is 2.17. The number of nitrogens with zero attached hydrogens (tertiary/aromatic N) is 2. The van der Waals surface area contributed by atoms with E-state index in [1.54, 1.807) is 6.07 Å². The Bertz CT molecular complexity index is 725. The van der Waals surface area contributed by atoms with Gasteiger partial charge in [-0.05, 0) is 55.4 Å². The van der Waals surface area contributed by atoms with Crippen molar-refractivity contribution in [2.24, 2.45) is 0 Å². The van der Waals surface area contributed by atoms with E-state index in [1.807, 2.05) is 24.3 Å². The van der Waals surface area contributed by atoms with E-state index >= 15 is 0 Å². The van der Waals surface area contributed by atoms with Gasteiger partial charge in [-0.25, -0.2) is 0 Å². The zero-order valence-corrected chi connectivity index (χ0v) is 16.0. The third-order valence-electron chi connectivity index (χ3n) is 4.23. The Morgan fingerprint density at radius 2 is 1.76 bits per heavy atom. The van der Waals surface area contributed by atoms with Gasteiger partial charge >= 0.3 is 0 Å². The highest BCUT2D eigenvalue weighted by Crippen LogP contribution is 2.23. The smallest absolute Gasteiger partial charge is 0.119 e. The second-order valence-electron chi connectivity index (χ2n) is 5.97. The highest BCUT2D eigenvalue weighted by atomic mass is 35.5. The van der Waals surface area contributed by atoms with Gasteiger partial charge in [0.15, 0.2) is 0 Å². The number of ether oxygens (including phenoxy) is 1. The van der Waals surface area contributed by atoms with E-state index in [0.717, 1.165) is 24.3 Å². The van der Waals surface area contributed by atoms with Crippen LogP contribution in [-0.4, -0.2) is 24.5 Å². The van der Waals surface area contributed by atoms with E-state index in [-0.39, 0.29) is 6.04 Å². The number of hydrogen-bond acceptors (Lipinski definition) is 3. The number of nitriles is 1. The third kappa shape index (κ3) is 5.93. The third-order valence-corrected chi connectivity index (χ3v) is 4.97. The van der Waals surface area contributed by atoms with E-state index in [4.69, 9.17) is 33.2 Å². The number of benzene rings is 2. The molecule has 0 spiro atoms. The van der Waals surface area contributed by atoms with Crippen LogP contribution in [0.5, 0.6) is 5.75 Å². The topological polar surface area (TPSA) is 36.3 Å². The maximum Gasteiger partial charge on any atom is 0.119 e. The van der Waals surface area contributed by atoms with Gasteiger partial charge in [0.25, 0.3) is 0 Å². The molecule has 3 nitrogen and oxygen atoms in total. The monoisotopic (exact) mass is 376 g/mol. The SMILES string of the molecule is CCN(C)[C@H](CC#N)Cc1ccc(OCc2ccc(Cl)c(Cl)c2)cc1. The molecule has 0 saturated carbocycles. The summed E-state index contributed by atoms with van der Waals surface area (Å²) in [4.78, 5) is 2.21. The fourth-order valence-corrected chi connectivity index (χ4v) is 2.86. The maximum atomic E-state index is 9.00. The molecule has 0 heterocycles. The first kappa shape index (κ1) is 19.6. The van der Waals surface area contributed by atoms with E-state index in [1.165, 1.54) is 5.56 Å². The van der Waals surface area contributed by atoms with Crippen LogP contribution in [0.15, 0.2) is 42.5 Å². The zero-order valence-electron chi connectivity index (χ0n) is 14.5. The number of hydrogen-bond donors (Lipinski definition) is 0. The number of rotatable bonds is 8. The Morgan fingerprint density at radius 1 is 1.08 bits per heavy atom. The molecular formula is C20H22Cl2N2O. The lowest BCUT2D eigenvalue weighted by Crippen LogP contribution is -2.33. The van der Waals surface area contributed by atoms with Crippen molar-refractivity contribution in [2.75, 3.05) is 13.6 Å². The molecule has 2 aromatic rings. The molecule has 0 N–H and O–H groups in total. The normalized spacial score (nSPS) is 12.0. The van der Waals surface area contributed by atoms with Crippen LogP contribution in [0.4, 0.5) is 0 Å². The van der Waals surface area contributed by atoms with Crippen LogP contribution in [-0.2, 0) is 13.0 Å². The summed E-state index contributed by atoms with van der Waals surface area (Å²) >= 11 is 11.9. The molecule has 1 atom stereocenters. The van der Waals surface area contributed by atoms with E-state index in [0.29, 0.717) is 23.1 Å². The molecule has 0 fully saturated rings. The van der Waals surface area contributed by atoms with Gasteiger partial charge in [0.1, 0.15) is 12.4 Å². The summed E-state index contributed by atoms with van der Waals surface area (Å²) in [6.07, 6.45) is 1.38. The van der Waals surface area contributed by atoms with Crippen molar-refractivity contribution in [2.45, 2.75) is 32.4 Å². The van der Waals surface area contributed by atoms with Crippen LogP contribution in [0.3, 0.4) is 0 Å². The first-order valence-electron chi connectivity index (χ1n) is 8.26. The van der Waals surface area contributed by atoms with Gasteiger partial charge in [0.05, 0.1) is 22.5 Å². The lowest BCUT2D eigenvalue weighted by atomic mass is 10.0. The molecule has 0 aliphatic rings. The average molecular weight is 377 g/mol. The van der Waals surface area contributed by atoms with Crippen LogP contribution < -0.4 is 4.74 Å². The molecule has 0 radical (unpaired) electrons. The van der Waals surface area contributed by atoms with Gasteiger partial charge in [-0.2, -0.15) is 5.26 Å². The van der Waals surface area contributed by atoms with Gasteiger partial charge in [-0.15, -0.1) is 0 Å². The van der Waals surface area contributed by atoms with Crippen LogP contribution in [0.25, 0.3) is 0 Å². The van der Waals surface area contributed by atoms with Crippen molar-refractivity contribution in [1.82, 2.24) is 4.90 Å². The number of halogens is 2. The fourth-order valence-electron chi connectivity index (χ4n) is 2.54. The standard InChI is InChI=1S/C20H22Cl2N2O/c1-3-24(2)17(10-11-23)12-15-4-7-18(8-5-15)25-14-16-6-9-19(21)20(22)13-16/h4-9,13,17H,3,10,12,14H2,1-2H3/t17-/m1/s1. The minimum atomic E-state index is 0.234. The Balaban J connectivity index is 1.94. The quantitative estimate of drug-likeness (QED) is 0.622. The highest BCUT2D eigenvalue weighted by molar-refractivity contribution is 6.42. The number of likely N-dealkylation sites (N-methyl/N-ethyl adjacent to an activating group) is 1. The van der Waals surface area contributed by atoms with Crippen molar-refractivity contribution >= 4 is 23.2 Å². The molecular weight excluding hydrogens is 355 g/mol. The largest absolute Gasteiger partial charge is 0.489 e. The van der Waals surface area contributed by atoms with Crippen LogP contribution in [0.2, 0.25) is 10.0 Å². The van der Waals surface area contributed by atoms with Crippen LogP contribution >= 0.6 is 23.2 Å². The summed E-state index contributed by atoms with van der Waals surface area (Å²) in [6, 6.07) is 16.0. The van der Waals surface area contributed by atoms with Crippen LogP contribution in [0, 0.1) is 11.3 Å². The van der Waals surface area contributed by atoms with Crippen molar-refractivity contribution in [3.8, 4) is 11.8 Å². The summed E-state index contributed by atoms with van der Waals surface area (Å²) in [5.74, 6) is 0.801. The predicted octanol–water partition coefficient (Wildman–Crippen LogP) is 5.35. The van der Waals surface area contributed by atoms with Gasteiger partial charge in [-0.1, -0.05) is 48.3 Å². The zero-order chi connectivity index (χ0) is 18.2. The molecule has 0 bridgehead atoms. The van der Waals surface area contributed by atoms with Crippen molar-refractivity contribution in [3.63, 3.8) is 0 Å². The van der Waals surface area contributed by atoms with Crippen molar-refractivity contribution < 1.29 is 4.74 Å². The second-order valence-corrected chi connectivity index (χ2v) is 6.79. The van der Waals surface area contributed by atoms with E-state index in [9.17, 15) is 0 Å². The molecule has 0 aliphatic carbocycles. The second kappa shape index (κ2) is 9.68. The maximum absolute atomic E-state index is 9.00. The van der Waals surface area contributed by atoms with E-state index < -0.39 is 0 Å². The summed E-state index contributed by atoms with van der Waals surface area (Å²) < 4.78 is 5.80. The van der Waals surface area contributed by atoms with Crippen molar-refractivity contribution in [3.05, 3.63) is 63.6 Å². The first-order valence-corrected chi connectivity index (χ1v) is 9.02. The average Bonchev–Trinajstić information content (AvgIpc) is 2.62. The Hall–Kier alpha value is -1.73. The van der Waals surface area contributed by atoms with Gasteiger partial charge < -0.3 is 9.64 Å². The Kier molecular flexibility index (Phi) is 7.58. The predicted molar refractivity (Wildman–Crippen MR) is 103 cm³/mol. The molecule has 0 aromatic heterocycles. The summed E-state index contributed by atoms with van der Waals surface area (Å²) in [6.45, 7) is 3.47. The molecule has 5 heteroatoms. The molecule has 2 rings (SSSR count). The van der Waals surface area contributed by atoms with Crippen LogP contribution in [0.1, 0.15) is 24.5 Å². The molecule has 0 amide bonds. The Morgan fingerprint density at radius 3 is 2.36 bits per heavy atom. The Labute approximate surface area is 159 Å². The highest BCUT2D eigenvalue weighted by Gasteiger charge is 2.13. The molecule has 25 heavy (non-hydrogen) atoms. The summed E-state index contributed by atoms with van der Waals surface area (Å²) in [7, 11) is 2.05. The van der Waals surface area contributed by atoms with Gasteiger partial charge in [0.2, 0.25) is 0 Å². The first-order chi connectivity index (χ1) is 12.0. The molecule has 0 unspecified atom stereocenters. The van der Waals surface area contributed by atoms with Gasteiger partial charge in [-0.3, -0.25) is 0 Å². The molecule has 0 aliphatic heterocycles. The summed E-state index contributed by atoms with van der Waals surface area (Å²) in [5, 5.41) is 10.1. The lowest BCUT2D eigenvalue weighted by molar-refractivity contribution is 0.255. The van der Waals surface area contributed by atoms with Gasteiger partial charge in [0, 0.05) is 6.04 Å². The minimum Gasteiger partial charge on any atom is -0.489 e. The fraction of sp³-hybridized carbons (Fsp3) is 0.350. The lowest BCUT2D eigenvalue weighted by Gasteiger charge is -2.24. The molecule has 132 valence electrons. The van der Waals surface area contributed by atoms with Crippen molar-refractivity contribution in [1.29, 1.82) is 5.26 Å².